The Hall–Kier alpha value is -1.98. The summed E-state index contributed by atoms with van der Waals surface area (Å²) in [7, 11) is -3.86. The fourth-order valence-corrected chi connectivity index (χ4v) is 6.98. The van der Waals surface area contributed by atoms with E-state index in [0.717, 1.165) is 36.0 Å². The Bertz CT molecular complexity index is 1070. The summed E-state index contributed by atoms with van der Waals surface area (Å²) in [6, 6.07) is 4.42. The highest BCUT2D eigenvalue weighted by Crippen LogP contribution is 2.33. The quantitative estimate of drug-likeness (QED) is 0.424. The molecule has 4 rings (SSSR count). The molecule has 180 valence electrons. The maximum Gasteiger partial charge on any atom is 0.243 e. The van der Waals surface area contributed by atoms with Crippen LogP contribution in [-0.2, 0) is 21.2 Å². The van der Waals surface area contributed by atoms with E-state index in [2.05, 4.69) is 20.1 Å². The Morgan fingerprint density at radius 3 is 2.58 bits per heavy atom. The van der Waals surface area contributed by atoms with E-state index in [1.165, 1.54) is 29.3 Å². The highest BCUT2D eigenvalue weighted by atomic mass is 32.2. The Morgan fingerprint density at radius 2 is 1.88 bits per heavy atom. The zero-order valence-electron chi connectivity index (χ0n) is 18.7. The molecule has 2 fully saturated rings. The molecule has 1 atom stereocenters. The van der Waals surface area contributed by atoms with Crippen LogP contribution in [0, 0.1) is 5.82 Å². The van der Waals surface area contributed by atoms with Gasteiger partial charge >= 0.3 is 0 Å². The third-order valence-corrected chi connectivity index (χ3v) is 8.98. The fraction of sp³-hybridized carbons (Fsp3) is 0.591. The topological polar surface area (TPSA) is 97.2 Å². The van der Waals surface area contributed by atoms with Crippen LogP contribution in [0.1, 0.15) is 56.8 Å². The van der Waals surface area contributed by atoms with Crippen molar-refractivity contribution < 1.29 is 17.6 Å². The molecule has 1 aliphatic carbocycles. The van der Waals surface area contributed by atoms with Gasteiger partial charge in [0.15, 0.2) is 5.16 Å². The number of aryl methyl sites for hydroxylation is 1. The van der Waals surface area contributed by atoms with Gasteiger partial charge in [0, 0.05) is 25.6 Å². The van der Waals surface area contributed by atoms with E-state index in [1.807, 2.05) is 6.26 Å². The number of carbonyl (C=O) groups excluding carboxylic acids is 1. The van der Waals surface area contributed by atoms with Gasteiger partial charge in [0.1, 0.15) is 17.7 Å². The summed E-state index contributed by atoms with van der Waals surface area (Å²) in [5.41, 5.74) is 0. The lowest BCUT2D eigenvalue weighted by atomic mass is 10.2. The molecule has 1 aromatic carbocycles. The minimum atomic E-state index is -3.86. The molecule has 1 saturated carbocycles. The van der Waals surface area contributed by atoms with Crippen molar-refractivity contribution in [2.75, 3.05) is 19.3 Å². The van der Waals surface area contributed by atoms with Crippen molar-refractivity contribution >= 4 is 27.7 Å². The normalized spacial score (nSPS) is 19.9. The molecule has 0 radical (unpaired) electrons. The predicted octanol–water partition coefficient (Wildman–Crippen LogP) is 3.16. The van der Waals surface area contributed by atoms with Gasteiger partial charge in [0.2, 0.25) is 15.9 Å². The zero-order chi connectivity index (χ0) is 23.4. The van der Waals surface area contributed by atoms with E-state index in [-0.39, 0.29) is 17.3 Å². The second kappa shape index (κ2) is 10.5. The van der Waals surface area contributed by atoms with E-state index >= 15 is 0 Å². The van der Waals surface area contributed by atoms with Gasteiger partial charge in [-0.15, -0.1) is 10.2 Å². The molecule has 1 N–H and O–H groups in total. The number of sulfonamides is 1. The van der Waals surface area contributed by atoms with Gasteiger partial charge in [-0.3, -0.25) is 4.79 Å². The van der Waals surface area contributed by atoms with Crippen LogP contribution in [0.4, 0.5) is 4.39 Å². The van der Waals surface area contributed by atoms with Gasteiger partial charge in [-0.2, -0.15) is 4.31 Å². The van der Waals surface area contributed by atoms with Gasteiger partial charge in [0.25, 0.3) is 0 Å². The minimum absolute atomic E-state index is 0.000512. The van der Waals surface area contributed by atoms with E-state index < -0.39 is 21.9 Å². The van der Waals surface area contributed by atoms with Crippen LogP contribution in [0.2, 0.25) is 0 Å². The molecule has 33 heavy (non-hydrogen) atoms. The summed E-state index contributed by atoms with van der Waals surface area (Å²) >= 11 is 1.60. The summed E-state index contributed by atoms with van der Waals surface area (Å²) < 4.78 is 42.6. The second-order valence-electron chi connectivity index (χ2n) is 8.53. The summed E-state index contributed by atoms with van der Waals surface area (Å²) in [4.78, 5) is 12.8. The first-order chi connectivity index (χ1) is 15.9. The number of hydrogen-bond acceptors (Lipinski definition) is 6. The number of rotatable bonds is 9. The van der Waals surface area contributed by atoms with Crippen LogP contribution < -0.4 is 5.32 Å². The molecule has 11 heteroatoms. The van der Waals surface area contributed by atoms with Crippen LogP contribution in [0.15, 0.2) is 34.3 Å². The molecule has 0 bridgehead atoms. The van der Waals surface area contributed by atoms with Crippen molar-refractivity contribution in [3.8, 4) is 0 Å². The van der Waals surface area contributed by atoms with Crippen LogP contribution in [0.3, 0.4) is 0 Å². The predicted molar refractivity (Wildman–Crippen MR) is 124 cm³/mol. The number of nitrogens with one attached hydrogen (secondary N) is 1. The van der Waals surface area contributed by atoms with Crippen molar-refractivity contribution in [3.63, 3.8) is 0 Å². The molecule has 1 aliphatic heterocycles. The number of halogens is 1. The molecule has 0 spiro atoms. The van der Waals surface area contributed by atoms with Crippen LogP contribution in [-0.4, -0.2) is 58.8 Å². The molecule has 1 amide bonds. The Morgan fingerprint density at radius 1 is 1.15 bits per heavy atom. The van der Waals surface area contributed by atoms with Gasteiger partial charge in [0.05, 0.1) is 4.90 Å². The lowest BCUT2D eigenvalue weighted by Gasteiger charge is -2.23. The average molecular weight is 496 g/mol. The number of aromatic nitrogens is 3. The number of benzene rings is 1. The lowest BCUT2D eigenvalue weighted by molar-refractivity contribution is -0.124. The Labute approximate surface area is 198 Å². The first-order valence-corrected chi connectivity index (χ1v) is 14.1. The van der Waals surface area contributed by atoms with Crippen molar-refractivity contribution in [2.45, 2.75) is 73.5 Å². The molecule has 8 nitrogen and oxygen atoms in total. The van der Waals surface area contributed by atoms with E-state index in [4.69, 9.17) is 0 Å². The van der Waals surface area contributed by atoms with Gasteiger partial charge in [-0.25, -0.2) is 12.8 Å². The summed E-state index contributed by atoms with van der Waals surface area (Å²) in [6.45, 7) is 0.714. The number of nitrogens with zero attached hydrogens (tertiary/aromatic N) is 4. The number of thioether (sulfide) groups is 1. The maximum absolute atomic E-state index is 13.2. The van der Waals surface area contributed by atoms with Gasteiger partial charge < -0.3 is 9.88 Å². The highest BCUT2D eigenvalue weighted by Gasteiger charge is 2.39. The van der Waals surface area contributed by atoms with Crippen molar-refractivity contribution in [1.82, 2.24) is 24.4 Å². The number of carbonyl (C=O) groups is 1. The first kappa shape index (κ1) is 24.2. The minimum Gasteiger partial charge on any atom is -0.355 e. The Kier molecular flexibility index (Phi) is 7.70. The monoisotopic (exact) mass is 495 g/mol. The largest absolute Gasteiger partial charge is 0.355 e. The molecule has 0 unspecified atom stereocenters. The number of amides is 1. The molecule has 1 saturated heterocycles. The van der Waals surface area contributed by atoms with Crippen LogP contribution >= 0.6 is 11.8 Å². The van der Waals surface area contributed by atoms with Crippen LogP contribution in [0.25, 0.3) is 0 Å². The summed E-state index contributed by atoms with van der Waals surface area (Å²) in [5.74, 6) is 0.153. The zero-order valence-corrected chi connectivity index (χ0v) is 20.4. The third-order valence-electron chi connectivity index (χ3n) is 6.41. The van der Waals surface area contributed by atoms with E-state index in [9.17, 15) is 17.6 Å². The summed E-state index contributed by atoms with van der Waals surface area (Å²) in [5, 5.41) is 12.5. The first-order valence-electron chi connectivity index (χ1n) is 11.4. The van der Waals surface area contributed by atoms with Crippen molar-refractivity contribution in [3.05, 3.63) is 35.9 Å². The number of hydrogen-bond donors (Lipinski definition) is 1. The average Bonchev–Trinajstić information content (AvgIpc) is 3.57. The molecular formula is C22H30FN5O3S2. The van der Waals surface area contributed by atoms with Gasteiger partial charge in [-0.05, 0) is 62.6 Å². The molecule has 2 aliphatic rings. The van der Waals surface area contributed by atoms with Crippen molar-refractivity contribution in [1.29, 1.82) is 0 Å². The summed E-state index contributed by atoms with van der Waals surface area (Å²) in [6.07, 6.45) is 9.24. The third kappa shape index (κ3) is 5.25. The molecule has 2 aromatic rings. The highest BCUT2D eigenvalue weighted by molar-refractivity contribution is 7.98. The smallest absolute Gasteiger partial charge is 0.243 e. The van der Waals surface area contributed by atoms with E-state index in [0.29, 0.717) is 38.3 Å². The Balaban J connectivity index is 1.34. The molecular weight excluding hydrogens is 465 g/mol. The maximum atomic E-state index is 13.2. The molecule has 2 heterocycles. The van der Waals surface area contributed by atoms with E-state index in [1.54, 1.807) is 11.8 Å². The van der Waals surface area contributed by atoms with Crippen molar-refractivity contribution in [2.24, 2.45) is 0 Å². The SMILES string of the molecule is CSc1nnc(CCCNC(=O)[C@H]2CCCN2S(=O)(=O)c2ccc(F)cc2)n1C1CCCC1. The van der Waals surface area contributed by atoms with Gasteiger partial charge in [-0.1, -0.05) is 24.6 Å². The lowest BCUT2D eigenvalue weighted by Crippen LogP contribution is -2.46. The molecule has 1 aromatic heterocycles. The second-order valence-corrected chi connectivity index (χ2v) is 11.2. The fourth-order valence-electron chi connectivity index (χ4n) is 4.75. The standard InChI is InChI=1S/C22H30FN5O3S2/c1-32-22-26-25-20(28(22)17-6-2-3-7-17)9-4-14-24-21(29)19-8-5-15-27(19)33(30,31)18-12-10-16(23)11-13-18/h10-13,17,19H,2-9,14-15H2,1H3,(H,24,29)/t19-/m1/s1. The van der Waals surface area contributed by atoms with Crippen LogP contribution in [0.5, 0.6) is 0 Å².